The largest absolute Gasteiger partial charge is 0.520 e. The summed E-state index contributed by atoms with van der Waals surface area (Å²) in [5.74, 6) is -1.55. The van der Waals surface area contributed by atoms with Gasteiger partial charge in [-0.15, -0.1) is 0 Å². The Bertz CT molecular complexity index is 948. The van der Waals surface area contributed by atoms with Crippen molar-refractivity contribution < 1.29 is 19.5 Å². The van der Waals surface area contributed by atoms with E-state index in [-0.39, 0.29) is 18.7 Å². The van der Waals surface area contributed by atoms with E-state index in [0.717, 1.165) is 16.7 Å². The van der Waals surface area contributed by atoms with Crippen LogP contribution in [0.25, 0.3) is 0 Å². The average molecular weight is 731 g/mol. The third kappa shape index (κ3) is 7.55. The molecule has 6 nitrogen and oxygen atoms in total. The van der Waals surface area contributed by atoms with Gasteiger partial charge in [0.2, 0.25) is 5.91 Å². The van der Waals surface area contributed by atoms with Gasteiger partial charge in [-0.1, -0.05) is 118 Å². The van der Waals surface area contributed by atoms with E-state index in [9.17, 15) is 19.5 Å². The SMILES string of the molecule is CCCC.O=[C-]NC(CCC(=O)NC(c1ccccc1)(c1ccccc1)c1ccccc1)C(=O)O.[Fm]. The molecule has 0 aromatic heterocycles. The van der Waals surface area contributed by atoms with Gasteiger partial charge in [-0.2, -0.15) is 6.41 Å². The van der Waals surface area contributed by atoms with Crippen molar-refractivity contribution in [3.05, 3.63) is 108 Å². The van der Waals surface area contributed by atoms with E-state index in [1.807, 2.05) is 91.0 Å². The second kappa shape index (κ2) is 15.1. The van der Waals surface area contributed by atoms with Gasteiger partial charge in [0, 0.05) is 6.42 Å². The van der Waals surface area contributed by atoms with Crippen LogP contribution in [0.15, 0.2) is 91.0 Å². The average Bonchev–Trinajstić information content (AvgIpc) is 2.91. The van der Waals surface area contributed by atoms with Gasteiger partial charge in [0.15, 0.2) is 0 Å². The molecule has 0 spiro atoms. The summed E-state index contributed by atoms with van der Waals surface area (Å²) in [4.78, 5) is 34.9. The molecule has 0 aliphatic carbocycles. The van der Waals surface area contributed by atoms with Crippen molar-refractivity contribution in [2.75, 3.05) is 0 Å². The molecule has 2 amide bonds. The summed E-state index contributed by atoms with van der Waals surface area (Å²) in [6.07, 6.45) is 3.89. The Morgan fingerprint density at radius 3 is 1.50 bits per heavy atom. The summed E-state index contributed by atoms with van der Waals surface area (Å²) in [7, 11) is 0. The van der Waals surface area contributed by atoms with Gasteiger partial charge < -0.3 is 20.5 Å². The van der Waals surface area contributed by atoms with Crippen LogP contribution in [0.3, 0.4) is 0 Å². The van der Waals surface area contributed by atoms with Gasteiger partial charge in [-0.3, -0.25) is 9.59 Å². The van der Waals surface area contributed by atoms with E-state index in [4.69, 9.17) is 0 Å². The Labute approximate surface area is 207 Å². The minimum Gasteiger partial charge on any atom is -0.520 e. The molecule has 0 radical (unpaired) electrons. The Kier molecular flexibility index (Phi) is 12.2. The predicted octanol–water partition coefficient (Wildman–Crippen LogP) is 4.79. The first-order valence-electron chi connectivity index (χ1n) is 11.8. The Morgan fingerprint density at radius 2 is 1.19 bits per heavy atom. The summed E-state index contributed by atoms with van der Waals surface area (Å²) >= 11 is 0. The fourth-order valence-corrected chi connectivity index (χ4v) is 3.66. The maximum atomic E-state index is 13.1. The first-order chi connectivity index (χ1) is 17.0. The first kappa shape index (κ1) is 29.1. The Morgan fingerprint density at radius 1 is 0.806 bits per heavy atom. The zero-order valence-electron chi connectivity index (χ0n) is 20.5. The monoisotopic (exact) mass is 730 g/mol. The van der Waals surface area contributed by atoms with E-state index in [1.165, 1.54) is 19.3 Å². The number of benzene rings is 3. The molecule has 1 atom stereocenters. The zero-order chi connectivity index (χ0) is 25.5. The van der Waals surface area contributed by atoms with Crippen molar-refractivity contribution in [2.45, 2.75) is 51.1 Å². The maximum absolute atomic E-state index is 13.1. The molecule has 0 saturated carbocycles. The zero-order valence-corrected chi connectivity index (χ0v) is 22.9. The fourth-order valence-electron chi connectivity index (χ4n) is 3.66. The van der Waals surface area contributed by atoms with Crippen LogP contribution in [-0.4, -0.2) is 29.4 Å². The topological polar surface area (TPSA) is 95.5 Å². The number of carboxylic acids is 1. The van der Waals surface area contributed by atoms with Crippen molar-refractivity contribution in [1.82, 2.24) is 10.6 Å². The summed E-state index contributed by atoms with van der Waals surface area (Å²) in [5, 5.41) is 14.5. The van der Waals surface area contributed by atoms with Crippen LogP contribution >= 0.6 is 0 Å². The van der Waals surface area contributed by atoms with Crippen molar-refractivity contribution in [2.24, 2.45) is 0 Å². The fraction of sp³-hybridized carbons (Fsp3) is 0.276. The van der Waals surface area contributed by atoms with Gasteiger partial charge in [-0.25, -0.2) is 0 Å². The van der Waals surface area contributed by atoms with Crippen molar-refractivity contribution >= 4 is 18.3 Å². The number of aliphatic carboxylic acids is 1. The minimum absolute atomic E-state index is 0. The van der Waals surface area contributed by atoms with Crippen molar-refractivity contribution in [3.63, 3.8) is 0 Å². The van der Waals surface area contributed by atoms with Gasteiger partial charge in [-0.05, 0) is 23.1 Å². The van der Waals surface area contributed by atoms with Crippen LogP contribution in [-0.2, 0) is 19.9 Å². The third-order valence-corrected chi connectivity index (χ3v) is 5.64. The van der Waals surface area contributed by atoms with E-state index >= 15 is 0 Å². The van der Waals surface area contributed by atoms with E-state index < -0.39 is 17.6 Å². The van der Waals surface area contributed by atoms with E-state index in [0.29, 0.717) is 0 Å². The van der Waals surface area contributed by atoms with Gasteiger partial charge in [0.25, 0.3) is 0 Å². The molecule has 0 aliphatic rings. The maximum Gasteiger partial charge on any atom is 0.323 e. The molecule has 7 heteroatoms. The number of rotatable bonds is 11. The molecular weight excluding hydrogens is 697 g/mol. The van der Waals surface area contributed by atoms with Crippen LogP contribution in [0.5, 0.6) is 0 Å². The number of unbranched alkanes of at least 4 members (excludes halogenated alkanes) is 1. The molecule has 0 fully saturated rings. The third-order valence-electron chi connectivity index (χ3n) is 5.64. The predicted molar refractivity (Wildman–Crippen MR) is 137 cm³/mol. The van der Waals surface area contributed by atoms with Crippen molar-refractivity contribution in [1.29, 1.82) is 0 Å². The molecular formula is C29H33FmN2O4-. The second-order valence-corrected chi connectivity index (χ2v) is 8.07. The number of hydrogen-bond acceptors (Lipinski definition) is 3. The van der Waals surface area contributed by atoms with Gasteiger partial charge >= 0.3 is 5.97 Å². The summed E-state index contributed by atoms with van der Waals surface area (Å²) in [6.45, 7) is 4.36. The van der Waals surface area contributed by atoms with Crippen LogP contribution in [0, 0.1) is 0 Å². The Hall–Kier alpha value is -4.93. The molecule has 0 saturated heterocycles. The number of carboxylic acid groups (broad SMARTS) is 1. The number of amides is 2. The van der Waals surface area contributed by atoms with Crippen molar-refractivity contribution in [3.8, 4) is 0 Å². The van der Waals surface area contributed by atoms with Gasteiger partial charge in [0.05, 0.1) is 6.04 Å². The first-order valence-corrected chi connectivity index (χ1v) is 11.8. The van der Waals surface area contributed by atoms with Crippen LogP contribution in [0.2, 0.25) is 0 Å². The number of carbonyl (C=O) groups excluding carboxylic acids is 2. The Balaban J connectivity index is 0.00000120. The quantitative estimate of drug-likeness (QED) is 0.150. The second-order valence-electron chi connectivity index (χ2n) is 8.07. The molecule has 36 heavy (non-hydrogen) atoms. The normalized spacial score (nSPS) is 11.1. The molecule has 3 aromatic carbocycles. The van der Waals surface area contributed by atoms with E-state index in [2.05, 4.69) is 24.5 Å². The van der Waals surface area contributed by atoms with Gasteiger partial charge in [0.1, 0.15) is 5.54 Å². The molecule has 0 aliphatic heterocycles. The summed E-state index contributed by atoms with van der Waals surface area (Å²) < 4.78 is 0. The molecule has 196 valence electrons. The molecule has 3 rings (SSSR count). The van der Waals surface area contributed by atoms with Crippen LogP contribution < -0.4 is 10.6 Å². The molecule has 3 N–H and O–H groups in total. The van der Waals surface area contributed by atoms with E-state index in [1.54, 1.807) is 0 Å². The van der Waals surface area contributed by atoms with Crippen LogP contribution in [0.1, 0.15) is 56.2 Å². The molecule has 1 unspecified atom stereocenters. The summed E-state index contributed by atoms with van der Waals surface area (Å²) in [6, 6.07) is 27.7. The smallest absolute Gasteiger partial charge is 0.323 e. The molecule has 0 heterocycles. The van der Waals surface area contributed by atoms with Crippen LogP contribution in [0.4, 0.5) is 0 Å². The number of carbonyl (C=O) groups is 2. The minimum atomic E-state index is -1.21. The molecule has 3 aromatic rings. The summed E-state index contributed by atoms with van der Waals surface area (Å²) in [5.41, 5.74) is 1.64. The number of hydrogen-bond donors (Lipinski definition) is 3. The molecule has 0 bridgehead atoms. The standard InChI is InChI=1S/C25H23N2O4.C4H10.Fm/c28-18-26-22(24(30)31)16-17-23(29)27-25(19-10-4-1-5-11-19,20-12-6-2-7-13-20)21-14-8-3-9-15-21;1-3-4-2;/h1-15,22H,16-17H2,(H,26,28)(H,27,29)(H,30,31);3-4H2,1-2H3;/q-1;;. The number of nitrogens with one attached hydrogen (secondary N) is 2.